The van der Waals surface area contributed by atoms with Crippen molar-refractivity contribution in [2.75, 3.05) is 9.80 Å². The van der Waals surface area contributed by atoms with E-state index in [4.69, 9.17) is 0 Å². The summed E-state index contributed by atoms with van der Waals surface area (Å²) in [4.78, 5) is 5.20. The van der Waals surface area contributed by atoms with Crippen molar-refractivity contribution in [2.24, 2.45) is 0 Å². The lowest BCUT2D eigenvalue weighted by molar-refractivity contribution is 0.589. The summed E-state index contributed by atoms with van der Waals surface area (Å²) in [5.41, 5.74) is 26.3. The Labute approximate surface area is 441 Å². The molecule has 9 aromatic rings. The summed E-state index contributed by atoms with van der Waals surface area (Å²) in [5.74, 6) is 0. The molecule has 0 N–H and O–H groups in total. The van der Waals surface area contributed by atoms with Gasteiger partial charge >= 0.3 is 0 Å². The van der Waals surface area contributed by atoms with Crippen molar-refractivity contribution in [3.63, 3.8) is 0 Å². The molecule has 0 saturated heterocycles. The summed E-state index contributed by atoms with van der Waals surface area (Å²) < 4.78 is 0. The van der Waals surface area contributed by atoms with Gasteiger partial charge in [0.05, 0.1) is 5.41 Å². The Morgan fingerprint density at radius 3 is 1.23 bits per heavy atom. The van der Waals surface area contributed by atoms with Crippen LogP contribution in [0, 0.1) is 0 Å². The standard InChI is InChI=1S/C71H69BN2/c1-67(2,3)47-32-38-54(39-33-47)74-62-43-51(69(7,8)9)35-41-60(62)72-59-40-34-50(68(4,5)6)42-61(59)73(63-44-52(70(10,11)12)45-64(74)66(63)72)53-36-30-46(31-37-53)55-27-21-29-58-65(55)56-26-19-20-28-57(56)71(58,48-22-15-13-16-23-48)49-24-17-14-18-25-49/h13-45H,1-12H3. The van der Waals surface area contributed by atoms with Crippen LogP contribution in [0.3, 0.4) is 0 Å². The lowest BCUT2D eigenvalue weighted by Gasteiger charge is -2.45. The zero-order valence-electron chi connectivity index (χ0n) is 45.5. The van der Waals surface area contributed by atoms with Gasteiger partial charge in [-0.1, -0.05) is 235 Å². The van der Waals surface area contributed by atoms with Crippen LogP contribution in [-0.4, -0.2) is 6.71 Å². The Hall–Kier alpha value is -7.36. The lowest BCUT2D eigenvalue weighted by Crippen LogP contribution is -2.61. The van der Waals surface area contributed by atoms with Gasteiger partial charge in [-0.3, -0.25) is 0 Å². The maximum Gasteiger partial charge on any atom is 0.252 e. The van der Waals surface area contributed by atoms with Crippen LogP contribution in [-0.2, 0) is 27.1 Å². The minimum absolute atomic E-state index is 0.0271. The monoisotopic (exact) mass is 961 g/mol. The van der Waals surface area contributed by atoms with Crippen LogP contribution in [0.4, 0.5) is 34.1 Å². The smallest absolute Gasteiger partial charge is 0.252 e. The van der Waals surface area contributed by atoms with E-state index in [1.54, 1.807) is 0 Å². The molecule has 0 spiro atoms. The average molecular weight is 961 g/mol. The van der Waals surface area contributed by atoms with Gasteiger partial charge < -0.3 is 9.80 Å². The molecule has 0 fully saturated rings. The van der Waals surface area contributed by atoms with Gasteiger partial charge in [-0.25, -0.2) is 0 Å². The van der Waals surface area contributed by atoms with Crippen molar-refractivity contribution < 1.29 is 0 Å². The van der Waals surface area contributed by atoms with E-state index in [2.05, 4.69) is 293 Å². The van der Waals surface area contributed by atoms with Crippen molar-refractivity contribution in [3.05, 3.63) is 245 Å². The third kappa shape index (κ3) is 7.44. The van der Waals surface area contributed by atoms with Crippen molar-refractivity contribution in [3.8, 4) is 22.3 Å². The molecular weight excluding hydrogens is 892 g/mol. The SMILES string of the molecule is CC(C)(C)c1ccc(N2c3cc(C(C)(C)C)ccc3B3c4ccc(C(C)(C)C)cc4N(c4ccc(-c5cccc6c5-c5ccccc5C6(c5ccccc5)c5ccccc5)cc4)c4cc(C(C)(C)C)cc2c43)cc1. The molecule has 366 valence electrons. The minimum Gasteiger partial charge on any atom is -0.311 e. The van der Waals surface area contributed by atoms with Gasteiger partial charge in [0.25, 0.3) is 6.71 Å². The number of benzene rings is 9. The molecule has 1 aliphatic carbocycles. The first kappa shape index (κ1) is 47.6. The Morgan fingerprint density at radius 1 is 0.338 bits per heavy atom. The van der Waals surface area contributed by atoms with Crippen LogP contribution in [0.15, 0.2) is 200 Å². The first-order chi connectivity index (χ1) is 35.2. The van der Waals surface area contributed by atoms with Gasteiger partial charge in [0.2, 0.25) is 0 Å². The molecule has 0 aromatic heterocycles. The Bertz CT molecular complexity index is 3590. The van der Waals surface area contributed by atoms with Crippen LogP contribution in [0.2, 0.25) is 0 Å². The van der Waals surface area contributed by atoms with Crippen molar-refractivity contribution in [2.45, 2.75) is 110 Å². The molecule has 0 amide bonds. The van der Waals surface area contributed by atoms with Crippen molar-refractivity contribution in [1.29, 1.82) is 0 Å². The highest BCUT2D eigenvalue weighted by molar-refractivity contribution is 7.00. The van der Waals surface area contributed by atoms with Crippen LogP contribution < -0.4 is 26.2 Å². The molecule has 12 rings (SSSR count). The second-order valence-electron chi connectivity index (χ2n) is 25.4. The first-order valence-electron chi connectivity index (χ1n) is 26.9. The largest absolute Gasteiger partial charge is 0.311 e. The zero-order valence-corrected chi connectivity index (χ0v) is 45.5. The highest BCUT2D eigenvalue weighted by Crippen LogP contribution is 2.58. The number of fused-ring (bicyclic) bond motifs is 7. The van der Waals surface area contributed by atoms with E-state index in [0.717, 1.165) is 5.69 Å². The summed E-state index contributed by atoms with van der Waals surface area (Å²) in [5, 5.41) is 0. The summed E-state index contributed by atoms with van der Waals surface area (Å²) in [6.45, 7) is 28.1. The van der Waals surface area contributed by atoms with Gasteiger partial charge in [-0.15, -0.1) is 0 Å². The molecular formula is C71H69BN2. The molecule has 9 aromatic carbocycles. The maximum absolute atomic E-state index is 2.61. The second kappa shape index (κ2) is 16.8. The van der Waals surface area contributed by atoms with Crippen molar-refractivity contribution >= 4 is 57.2 Å². The normalized spacial score (nSPS) is 14.5. The molecule has 0 atom stereocenters. The minimum atomic E-state index is -0.462. The van der Waals surface area contributed by atoms with E-state index in [9.17, 15) is 0 Å². The third-order valence-electron chi connectivity index (χ3n) is 16.6. The summed E-state index contributed by atoms with van der Waals surface area (Å²) in [6.07, 6.45) is 0. The molecule has 0 unspecified atom stereocenters. The maximum atomic E-state index is 2.61. The molecule has 3 heteroatoms. The molecule has 0 radical (unpaired) electrons. The highest BCUT2D eigenvalue weighted by Gasteiger charge is 2.48. The number of rotatable bonds is 5. The topological polar surface area (TPSA) is 6.48 Å². The van der Waals surface area contributed by atoms with Gasteiger partial charge in [0.1, 0.15) is 0 Å². The average Bonchev–Trinajstić information content (AvgIpc) is 3.74. The Balaban J connectivity index is 1.09. The number of hydrogen-bond acceptors (Lipinski definition) is 2. The lowest BCUT2D eigenvalue weighted by atomic mass is 9.33. The Kier molecular flexibility index (Phi) is 10.8. The molecule has 74 heavy (non-hydrogen) atoms. The van der Waals surface area contributed by atoms with Crippen LogP contribution in [0.1, 0.15) is 128 Å². The van der Waals surface area contributed by atoms with Crippen LogP contribution in [0.5, 0.6) is 0 Å². The fourth-order valence-corrected chi connectivity index (χ4v) is 12.5. The van der Waals surface area contributed by atoms with E-state index >= 15 is 0 Å². The Morgan fingerprint density at radius 2 is 0.743 bits per heavy atom. The number of anilines is 6. The zero-order chi connectivity index (χ0) is 51.7. The summed E-state index contributed by atoms with van der Waals surface area (Å²) in [7, 11) is 0. The second-order valence-corrected chi connectivity index (χ2v) is 25.4. The number of hydrogen-bond donors (Lipinski definition) is 0. The van der Waals surface area contributed by atoms with E-state index in [1.807, 2.05) is 0 Å². The predicted octanol–water partition coefficient (Wildman–Crippen LogP) is 17.0. The van der Waals surface area contributed by atoms with E-state index < -0.39 is 5.41 Å². The van der Waals surface area contributed by atoms with Crippen LogP contribution >= 0.6 is 0 Å². The molecule has 2 aliphatic heterocycles. The van der Waals surface area contributed by atoms with E-state index in [0.29, 0.717) is 0 Å². The van der Waals surface area contributed by atoms with Crippen LogP contribution in [0.25, 0.3) is 22.3 Å². The summed E-state index contributed by atoms with van der Waals surface area (Å²) in [6, 6.07) is 77.0. The summed E-state index contributed by atoms with van der Waals surface area (Å²) >= 11 is 0. The van der Waals surface area contributed by atoms with Gasteiger partial charge in [0, 0.05) is 34.1 Å². The quantitative estimate of drug-likeness (QED) is 0.159. The van der Waals surface area contributed by atoms with Gasteiger partial charge in [0.15, 0.2) is 0 Å². The van der Waals surface area contributed by atoms with E-state index in [1.165, 1.54) is 112 Å². The molecule has 0 bridgehead atoms. The van der Waals surface area contributed by atoms with Gasteiger partial charge in [-0.2, -0.15) is 0 Å². The number of nitrogens with zero attached hydrogens (tertiary/aromatic N) is 2. The van der Waals surface area contributed by atoms with E-state index in [-0.39, 0.29) is 28.4 Å². The van der Waals surface area contributed by atoms with Gasteiger partial charge in [-0.05, 0) is 153 Å². The highest BCUT2D eigenvalue weighted by atomic mass is 15.2. The third-order valence-corrected chi connectivity index (χ3v) is 16.6. The fourth-order valence-electron chi connectivity index (χ4n) is 12.5. The predicted molar refractivity (Wildman–Crippen MR) is 318 cm³/mol. The molecule has 0 saturated carbocycles. The molecule has 2 nitrogen and oxygen atoms in total. The first-order valence-corrected chi connectivity index (χ1v) is 26.9. The molecule has 2 heterocycles. The van der Waals surface area contributed by atoms with Crippen molar-refractivity contribution in [1.82, 2.24) is 0 Å². The molecule has 3 aliphatic rings. The fraction of sp³-hybridized carbons (Fsp3) is 0.239.